The maximum Gasteiger partial charge on any atom is 0.303 e. The predicted molar refractivity (Wildman–Crippen MR) is 142 cm³/mol. The maximum atomic E-state index is 15.4. The molecule has 0 fully saturated rings. The number of pyridine rings is 1. The Morgan fingerprint density at radius 1 is 1.08 bits per heavy atom. The summed E-state index contributed by atoms with van der Waals surface area (Å²) in [6.07, 6.45) is 1.43. The zero-order chi connectivity index (χ0) is 27.9. The van der Waals surface area contributed by atoms with Crippen molar-refractivity contribution in [2.75, 3.05) is 18.4 Å². The van der Waals surface area contributed by atoms with Crippen molar-refractivity contribution in [3.05, 3.63) is 98.8 Å². The fraction of sp³-hybridized carbons (Fsp3) is 0.192. The van der Waals surface area contributed by atoms with Crippen LogP contribution in [0.5, 0.6) is 5.75 Å². The summed E-state index contributed by atoms with van der Waals surface area (Å²) in [5.74, 6) is -1.05. The van der Waals surface area contributed by atoms with Gasteiger partial charge < -0.3 is 4.74 Å². The van der Waals surface area contributed by atoms with Crippen LogP contribution in [0, 0.1) is 18.6 Å². The molecule has 1 aliphatic rings. The molecule has 0 unspecified atom stereocenters. The minimum absolute atomic E-state index is 0.0281. The van der Waals surface area contributed by atoms with Crippen molar-refractivity contribution in [1.82, 2.24) is 18.8 Å². The molecule has 1 N–H and O–H groups in total. The topological polar surface area (TPSA) is 106 Å². The average Bonchev–Trinajstić information content (AvgIpc) is 2.87. The Hall–Kier alpha value is -3.87. The van der Waals surface area contributed by atoms with E-state index in [9.17, 15) is 17.6 Å². The van der Waals surface area contributed by atoms with E-state index in [1.807, 2.05) is 0 Å². The first-order valence-electron chi connectivity index (χ1n) is 11.7. The van der Waals surface area contributed by atoms with Crippen LogP contribution in [0.2, 0.25) is 5.02 Å². The van der Waals surface area contributed by atoms with Gasteiger partial charge in [0.1, 0.15) is 29.5 Å². The van der Waals surface area contributed by atoms with Crippen LogP contribution in [0.3, 0.4) is 0 Å². The number of benzene rings is 2. The molecule has 0 atom stereocenters. The van der Waals surface area contributed by atoms with Gasteiger partial charge in [0, 0.05) is 59.7 Å². The Morgan fingerprint density at radius 2 is 1.87 bits per heavy atom. The number of fused-ring (bicyclic) bond motifs is 1. The lowest BCUT2D eigenvalue weighted by Crippen LogP contribution is -2.41. The highest BCUT2D eigenvalue weighted by atomic mass is 35.5. The normalized spacial score (nSPS) is 13.7. The summed E-state index contributed by atoms with van der Waals surface area (Å²) in [6.45, 7) is 1.74. The van der Waals surface area contributed by atoms with E-state index in [-0.39, 0.29) is 52.9 Å². The summed E-state index contributed by atoms with van der Waals surface area (Å²) in [5.41, 5.74) is 1.62. The highest BCUT2D eigenvalue weighted by Crippen LogP contribution is 2.35. The highest BCUT2D eigenvalue weighted by Gasteiger charge is 2.30. The highest BCUT2D eigenvalue weighted by molar-refractivity contribution is 7.90. The number of halogens is 3. The maximum absolute atomic E-state index is 15.4. The molecule has 0 bridgehead atoms. The molecule has 4 aromatic rings. The third kappa shape index (κ3) is 5.35. The second-order valence-electron chi connectivity index (χ2n) is 8.88. The van der Waals surface area contributed by atoms with E-state index in [0.717, 1.165) is 18.2 Å². The van der Waals surface area contributed by atoms with Crippen LogP contribution in [0.1, 0.15) is 17.0 Å². The summed E-state index contributed by atoms with van der Waals surface area (Å²) in [4.78, 5) is 20.9. The van der Waals surface area contributed by atoms with Crippen molar-refractivity contribution in [2.24, 2.45) is 0 Å². The molecule has 202 valence electrons. The zero-order valence-corrected chi connectivity index (χ0v) is 22.4. The second kappa shape index (κ2) is 10.4. The van der Waals surface area contributed by atoms with E-state index in [2.05, 4.69) is 14.7 Å². The molecule has 0 spiro atoms. The molecule has 2 aromatic carbocycles. The molecule has 0 aliphatic carbocycles. The Labute approximate surface area is 227 Å². The van der Waals surface area contributed by atoms with Crippen molar-refractivity contribution in [2.45, 2.75) is 19.9 Å². The van der Waals surface area contributed by atoms with E-state index in [4.69, 9.17) is 16.3 Å². The molecule has 0 saturated heterocycles. The van der Waals surface area contributed by atoms with Crippen molar-refractivity contribution >= 4 is 27.6 Å². The number of aryl methyl sites for hydroxylation is 1. The van der Waals surface area contributed by atoms with Gasteiger partial charge in [-0.2, -0.15) is 12.7 Å². The fourth-order valence-electron chi connectivity index (χ4n) is 4.52. The van der Waals surface area contributed by atoms with Gasteiger partial charge in [0.05, 0.1) is 12.8 Å². The predicted octanol–water partition coefficient (Wildman–Crippen LogP) is 4.26. The van der Waals surface area contributed by atoms with Gasteiger partial charge in [0.15, 0.2) is 0 Å². The Bertz CT molecular complexity index is 1740. The van der Waals surface area contributed by atoms with E-state index in [1.54, 1.807) is 13.0 Å². The minimum Gasteiger partial charge on any atom is -0.495 e. The molecule has 9 nitrogen and oxygen atoms in total. The van der Waals surface area contributed by atoms with E-state index >= 15 is 4.39 Å². The van der Waals surface area contributed by atoms with Crippen molar-refractivity contribution in [1.29, 1.82) is 0 Å². The first-order chi connectivity index (χ1) is 18.6. The number of methoxy groups -OCH3 is 1. The minimum atomic E-state index is -3.97. The number of nitrogens with zero attached hydrogens (tertiary/aromatic N) is 4. The smallest absolute Gasteiger partial charge is 0.303 e. The molecule has 13 heteroatoms. The van der Waals surface area contributed by atoms with Gasteiger partial charge >= 0.3 is 10.2 Å². The van der Waals surface area contributed by atoms with Gasteiger partial charge in [-0.1, -0.05) is 17.7 Å². The molecule has 0 saturated carbocycles. The van der Waals surface area contributed by atoms with Crippen LogP contribution in [0.15, 0.2) is 59.7 Å². The number of anilines is 1. The van der Waals surface area contributed by atoms with Crippen molar-refractivity contribution in [3.63, 3.8) is 0 Å². The van der Waals surface area contributed by atoms with Gasteiger partial charge in [-0.05, 0) is 42.3 Å². The molecule has 0 amide bonds. The third-order valence-corrected chi connectivity index (χ3v) is 7.97. The third-order valence-electron chi connectivity index (χ3n) is 6.29. The largest absolute Gasteiger partial charge is 0.495 e. The second-order valence-corrected chi connectivity index (χ2v) is 11.0. The quantitative estimate of drug-likeness (QED) is 0.369. The Morgan fingerprint density at radius 3 is 2.59 bits per heavy atom. The lowest BCUT2D eigenvalue weighted by Gasteiger charge is -2.30. The van der Waals surface area contributed by atoms with Crippen LogP contribution in [0.4, 0.5) is 14.6 Å². The molecule has 2 aromatic heterocycles. The number of nitrogens with one attached hydrogen (secondary N) is 1. The number of ether oxygens (including phenoxy) is 1. The standard InChI is InChI=1S/C26H22ClF2N5O4S/c1-15-7-25(31-14-30-15)32-39(36,37)33-6-5-22-16(13-33)3-4-26(35)34(22)23-12-21(29)20(11-24(23)38-2)17-8-18(27)10-19(28)9-17/h3-4,7-12,14H,5-6,13H2,1-2H3,(H,30,31,32). The summed E-state index contributed by atoms with van der Waals surface area (Å²) in [5, 5.41) is 0.102. The molecule has 1 aliphatic heterocycles. The Kier molecular flexibility index (Phi) is 7.10. The van der Waals surface area contributed by atoms with Gasteiger partial charge in [0.2, 0.25) is 0 Å². The number of hydrogen-bond donors (Lipinski definition) is 1. The van der Waals surface area contributed by atoms with Crippen LogP contribution >= 0.6 is 11.6 Å². The molecule has 39 heavy (non-hydrogen) atoms. The summed E-state index contributed by atoms with van der Waals surface area (Å²) >= 11 is 5.95. The van der Waals surface area contributed by atoms with Crippen LogP contribution in [-0.4, -0.2) is 40.9 Å². The van der Waals surface area contributed by atoms with E-state index in [0.29, 0.717) is 17.0 Å². The number of rotatable bonds is 6. The summed E-state index contributed by atoms with van der Waals surface area (Å²) < 4.78 is 65.9. The van der Waals surface area contributed by atoms with Gasteiger partial charge in [0.25, 0.3) is 5.56 Å². The number of hydrogen-bond acceptors (Lipinski definition) is 6. The van der Waals surface area contributed by atoms with E-state index < -0.39 is 27.4 Å². The van der Waals surface area contributed by atoms with Gasteiger partial charge in [-0.3, -0.25) is 14.1 Å². The first kappa shape index (κ1) is 26.7. The molecular formula is C26H22ClF2N5O4S. The summed E-state index contributed by atoms with van der Waals surface area (Å²) in [6, 6.07) is 10.5. The Balaban J connectivity index is 1.53. The lowest BCUT2D eigenvalue weighted by molar-refractivity contribution is 0.385. The lowest BCUT2D eigenvalue weighted by atomic mass is 10.0. The fourth-order valence-corrected chi connectivity index (χ4v) is 5.89. The van der Waals surface area contributed by atoms with Gasteiger partial charge in [-0.25, -0.2) is 18.7 Å². The van der Waals surface area contributed by atoms with Crippen molar-refractivity contribution in [3.8, 4) is 22.6 Å². The van der Waals surface area contributed by atoms with Crippen LogP contribution in [-0.2, 0) is 23.2 Å². The summed E-state index contributed by atoms with van der Waals surface area (Å²) in [7, 11) is -2.60. The first-order valence-corrected chi connectivity index (χ1v) is 13.5. The van der Waals surface area contributed by atoms with Crippen LogP contribution in [0.25, 0.3) is 16.8 Å². The number of aromatic nitrogens is 3. The zero-order valence-electron chi connectivity index (χ0n) is 20.8. The SMILES string of the molecule is COc1cc(-c2cc(F)cc(Cl)c2)c(F)cc1-n1c2c(ccc1=O)CN(S(=O)(=O)Nc1cc(C)ncn1)CC2. The molecule has 0 radical (unpaired) electrons. The molecular weight excluding hydrogens is 552 g/mol. The average molecular weight is 574 g/mol. The van der Waals surface area contributed by atoms with Crippen LogP contribution < -0.4 is 15.0 Å². The van der Waals surface area contributed by atoms with Gasteiger partial charge in [-0.15, -0.1) is 0 Å². The van der Waals surface area contributed by atoms with E-state index in [1.165, 1.54) is 46.6 Å². The van der Waals surface area contributed by atoms with Crippen molar-refractivity contribution < 1.29 is 21.9 Å². The molecule has 3 heterocycles. The monoisotopic (exact) mass is 573 g/mol. The molecule has 5 rings (SSSR count).